The average molecular weight is 455 g/mol. The first kappa shape index (κ1) is 21.2. The normalized spacial score (nSPS) is 14.6. The molecule has 1 heterocycles. The van der Waals surface area contributed by atoms with Gasteiger partial charge in [0.15, 0.2) is 0 Å². The molecule has 1 N–H and O–H groups in total. The van der Waals surface area contributed by atoms with E-state index in [1.807, 2.05) is 24.3 Å². The number of rotatable bonds is 4. The molecule has 0 saturated heterocycles. The highest BCUT2D eigenvalue weighted by Crippen LogP contribution is 2.43. The Bertz CT molecular complexity index is 1550. The number of benzene rings is 5. The van der Waals surface area contributed by atoms with Gasteiger partial charge in [-0.2, -0.15) is 0 Å². The lowest BCUT2D eigenvalue weighted by molar-refractivity contribution is 0.0934. The Morgan fingerprint density at radius 2 is 1.26 bits per heavy atom. The molecule has 3 heteroatoms. The fourth-order valence-corrected chi connectivity index (χ4v) is 5.44. The minimum atomic E-state index is -0.284. The predicted molar refractivity (Wildman–Crippen MR) is 145 cm³/mol. The second kappa shape index (κ2) is 8.44. The van der Waals surface area contributed by atoms with Crippen LogP contribution in [-0.2, 0) is 0 Å². The minimum absolute atomic E-state index is 0.0377. The van der Waals surface area contributed by atoms with E-state index in [1.54, 1.807) is 0 Å². The van der Waals surface area contributed by atoms with Crippen molar-refractivity contribution in [1.29, 1.82) is 0 Å². The molecule has 0 fully saturated rings. The minimum Gasteiger partial charge on any atom is -0.350 e. The van der Waals surface area contributed by atoms with E-state index in [0.717, 1.165) is 38.7 Å². The molecule has 0 radical (unpaired) electrons. The standard InChI is InChI=1S/C32H26N2O/c1-21-25(22-11-5-3-6-12-22)19-20-26(23-13-7-4-8-14-23)30(21)34(2)31-27-17-9-15-24-16-10-18-28(29(24)27)32(35)33-31/h3-20,31H,1-2H3,(H,33,35). The van der Waals surface area contributed by atoms with Crippen molar-refractivity contribution in [1.82, 2.24) is 5.32 Å². The van der Waals surface area contributed by atoms with Gasteiger partial charge in [0.05, 0.1) is 0 Å². The highest BCUT2D eigenvalue weighted by molar-refractivity contribution is 6.11. The maximum Gasteiger partial charge on any atom is 0.253 e. The molecule has 0 bridgehead atoms. The SMILES string of the molecule is Cc1c(-c2ccccc2)ccc(-c2ccccc2)c1N(C)C1NC(=O)c2cccc3cccc1c23. The average Bonchev–Trinajstić information content (AvgIpc) is 2.91. The Labute approximate surface area is 205 Å². The number of nitrogens with one attached hydrogen (secondary N) is 1. The van der Waals surface area contributed by atoms with E-state index in [1.165, 1.54) is 16.7 Å². The second-order valence-corrected chi connectivity index (χ2v) is 9.10. The van der Waals surface area contributed by atoms with Gasteiger partial charge in [0, 0.05) is 34.8 Å². The van der Waals surface area contributed by atoms with Crippen molar-refractivity contribution in [2.24, 2.45) is 0 Å². The summed E-state index contributed by atoms with van der Waals surface area (Å²) in [7, 11) is 2.08. The van der Waals surface area contributed by atoms with Crippen molar-refractivity contribution >= 4 is 22.4 Å². The fraction of sp³-hybridized carbons (Fsp3) is 0.0938. The van der Waals surface area contributed by atoms with Crippen LogP contribution in [-0.4, -0.2) is 13.0 Å². The Hall–Kier alpha value is -4.37. The quantitative estimate of drug-likeness (QED) is 0.308. The zero-order chi connectivity index (χ0) is 23.9. The molecular weight excluding hydrogens is 428 g/mol. The summed E-state index contributed by atoms with van der Waals surface area (Å²) in [6.07, 6.45) is -0.284. The summed E-state index contributed by atoms with van der Waals surface area (Å²) in [6.45, 7) is 2.18. The Morgan fingerprint density at radius 1 is 0.657 bits per heavy atom. The molecule has 1 unspecified atom stereocenters. The molecule has 3 nitrogen and oxygen atoms in total. The molecule has 5 aromatic carbocycles. The molecule has 0 aliphatic carbocycles. The van der Waals surface area contributed by atoms with Gasteiger partial charge in [0.1, 0.15) is 6.17 Å². The Morgan fingerprint density at radius 3 is 1.94 bits per heavy atom. The van der Waals surface area contributed by atoms with Gasteiger partial charge in [-0.1, -0.05) is 103 Å². The molecule has 1 amide bonds. The fourth-order valence-electron chi connectivity index (χ4n) is 5.44. The van der Waals surface area contributed by atoms with Crippen LogP contribution in [0.5, 0.6) is 0 Å². The lowest BCUT2D eigenvalue weighted by Gasteiger charge is -2.37. The van der Waals surface area contributed by atoms with Crippen molar-refractivity contribution in [2.75, 3.05) is 11.9 Å². The van der Waals surface area contributed by atoms with Crippen molar-refractivity contribution < 1.29 is 4.79 Å². The van der Waals surface area contributed by atoms with Crippen LogP contribution in [0.3, 0.4) is 0 Å². The van der Waals surface area contributed by atoms with E-state index < -0.39 is 0 Å². The van der Waals surface area contributed by atoms with E-state index in [9.17, 15) is 4.79 Å². The van der Waals surface area contributed by atoms with Gasteiger partial charge in [0.2, 0.25) is 0 Å². The number of anilines is 1. The number of hydrogen-bond acceptors (Lipinski definition) is 2. The van der Waals surface area contributed by atoms with E-state index >= 15 is 0 Å². The predicted octanol–water partition coefficient (Wildman–Crippen LogP) is 7.36. The van der Waals surface area contributed by atoms with Crippen LogP contribution in [0.1, 0.15) is 27.7 Å². The zero-order valence-corrected chi connectivity index (χ0v) is 19.8. The molecular formula is C32H26N2O. The number of carbonyl (C=O) groups is 1. The first-order valence-corrected chi connectivity index (χ1v) is 11.9. The van der Waals surface area contributed by atoms with Gasteiger partial charge in [-0.25, -0.2) is 0 Å². The van der Waals surface area contributed by atoms with Gasteiger partial charge in [-0.05, 0) is 40.6 Å². The molecule has 1 atom stereocenters. The maximum absolute atomic E-state index is 13.2. The summed E-state index contributed by atoms with van der Waals surface area (Å²) in [5, 5.41) is 5.41. The monoisotopic (exact) mass is 454 g/mol. The molecule has 5 aromatic rings. The van der Waals surface area contributed by atoms with Crippen molar-refractivity contribution in [2.45, 2.75) is 13.1 Å². The first-order chi connectivity index (χ1) is 17.1. The molecule has 0 aromatic heterocycles. The van der Waals surface area contributed by atoms with Gasteiger partial charge in [0.25, 0.3) is 5.91 Å². The third-order valence-corrected chi connectivity index (χ3v) is 7.08. The van der Waals surface area contributed by atoms with Crippen LogP contribution < -0.4 is 10.2 Å². The maximum atomic E-state index is 13.2. The van der Waals surface area contributed by atoms with Gasteiger partial charge in [-0.3, -0.25) is 4.79 Å². The molecule has 170 valence electrons. The second-order valence-electron chi connectivity index (χ2n) is 9.10. The van der Waals surface area contributed by atoms with E-state index in [0.29, 0.717) is 0 Å². The van der Waals surface area contributed by atoms with Crippen molar-refractivity contribution in [3.63, 3.8) is 0 Å². The van der Waals surface area contributed by atoms with Crippen molar-refractivity contribution in [3.8, 4) is 22.3 Å². The number of nitrogens with zero attached hydrogens (tertiary/aromatic N) is 1. The van der Waals surface area contributed by atoms with Crippen LogP contribution in [0.2, 0.25) is 0 Å². The molecule has 1 aliphatic rings. The number of carbonyl (C=O) groups excluding carboxylic acids is 1. The highest BCUT2D eigenvalue weighted by Gasteiger charge is 2.31. The lowest BCUT2D eigenvalue weighted by Crippen LogP contribution is -2.42. The molecule has 0 saturated carbocycles. The Kier molecular flexibility index (Phi) is 5.11. The highest BCUT2D eigenvalue weighted by atomic mass is 16.2. The van der Waals surface area contributed by atoms with Crippen LogP contribution >= 0.6 is 0 Å². The largest absolute Gasteiger partial charge is 0.350 e. The summed E-state index contributed by atoms with van der Waals surface area (Å²) in [6, 6.07) is 37.6. The van der Waals surface area contributed by atoms with Crippen LogP contribution in [0, 0.1) is 6.92 Å². The molecule has 0 spiro atoms. The summed E-state index contributed by atoms with van der Waals surface area (Å²) in [4.78, 5) is 15.4. The van der Waals surface area contributed by atoms with Crippen LogP contribution in [0.25, 0.3) is 33.0 Å². The summed E-state index contributed by atoms with van der Waals surface area (Å²) >= 11 is 0. The van der Waals surface area contributed by atoms with Gasteiger partial charge in [-0.15, -0.1) is 0 Å². The van der Waals surface area contributed by atoms with Crippen molar-refractivity contribution in [3.05, 3.63) is 126 Å². The Balaban J connectivity index is 1.58. The summed E-state index contributed by atoms with van der Waals surface area (Å²) in [5.74, 6) is -0.0377. The van der Waals surface area contributed by atoms with E-state index in [4.69, 9.17) is 0 Å². The third-order valence-electron chi connectivity index (χ3n) is 7.08. The zero-order valence-electron chi connectivity index (χ0n) is 19.8. The third kappa shape index (κ3) is 3.48. The molecule has 1 aliphatic heterocycles. The van der Waals surface area contributed by atoms with E-state index in [-0.39, 0.29) is 12.1 Å². The van der Waals surface area contributed by atoms with Crippen LogP contribution in [0.15, 0.2) is 109 Å². The van der Waals surface area contributed by atoms with Crippen LogP contribution in [0.4, 0.5) is 5.69 Å². The smallest absolute Gasteiger partial charge is 0.253 e. The molecule has 6 rings (SSSR count). The van der Waals surface area contributed by atoms with E-state index in [2.05, 4.69) is 109 Å². The number of amides is 1. The number of hydrogen-bond donors (Lipinski definition) is 1. The van der Waals surface area contributed by atoms with Gasteiger partial charge >= 0.3 is 0 Å². The molecule has 35 heavy (non-hydrogen) atoms. The topological polar surface area (TPSA) is 32.3 Å². The van der Waals surface area contributed by atoms with Gasteiger partial charge < -0.3 is 10.2 Å². The first-order valence-electron chi connectivity index (χ1n) is 11.9. The summed E-state index contributed by atoms with van der Waals surface area (Å²) in [5.41, 5.74) is 8.81. The lowest BCUT2D eigenvalue weighted by atomic mass is 9.90. The summed E-state index contributed by atoms with van der Waals surface area (Å²) < 4.78 is 0.